The lowest BCUT2D eigenvalue weighted by Gasteiger charge is -2.28. The van der Waals surface area contributed by atoms with Crippen molar-refractivity contribution in [2.75, 3.05) is 40.4 Å². The number of hydrogen-bond acceptors (Lipinski definition) is 8. The number of methoxy groups -OCH3 is 2. The van der Waals surface area contributed by atoms with Crippen molar-refractivity contribution in [3.8, 4) is 22.8 Å². The Labute approximate surface area is 334 Å². The van der Waals surface area contributed by atoms with E-state index >= 15 is 0 Å². The minimum absolute atomic E-state index is 0.00870. The molecule has 3 heterocycles. The van der Waals surface area contributed by atoms with E-state index in [9.17, 15) is 19.2 Å². The van der Waals surface area contributed by atoms with Crippen LogP contribution in [0, 0.1) is 5.92 Å². The Morgan fingerprint density at radius 1 is 0.893 bits per heavy atom. The number of rotatable bonds is 13. The van der Waals surface area contributed by atoms with Gasteiger partial charge in [-0.25, -0.2) is 10.4 Å². The number of carbonyl (C=O) groups excluding carboxylic acids is 4. The maximum absolute atomic E-state index is 12.8. The van der Waals surface area contributed by atoms with Crippen molar-refractivity contribution >= 4 is 34.5 Å². The van der Waals surface area contributed by atoms with Crippen molar-refractivity contribution in [3.63, 3.8) is 0 Å². The van der Waals surface area contributed by atoms with Crippen LogP contribution >= 0.6 is 0 Å². The number of nitrogens with zero attached hydrogens (tertiary/aromatic N) is 3. The number of carbonyl (C=O) groups is 4. The zero-order valence-corrected chi connectivity index (χ0v) is 35.0. The number of benzene rings is 2. The molecule has 308 valence electrons. The second-order valence-electron chi connectivity index (χ2n) is 14.0. The Balaban J connectivity index is 0.000000357. The number of hydrogen-bond donors (Lipinski definition) is 3. The van der Waals surface area contributed by atoms with Crippen molar-refractivity contribution in [3.05, 3.63) is 67.3 Å². The lowest BCUT2D eigenvalue weighted by Crippen LogP contribution is -2.54. The van der Waals surface area contributed by atoms with Gasteiger partial charge in [0.1, 0.15) is 23.6 Å². The summed E-state index contributed by atoms with van der Waals surface area (Å²) in [5.74, 6) is 1.56. The zero-order valence-electron chi connectivity index (χ0n) is 35.0. The van der Waals surface area contributed by atoms with Gasteiger partial charge in [-0.3, -0.25) is 24.6 Å². The van der Waals surface area contributed by atoms with Crippen molar-refractivity contribution in [2.45, 2.75) is 105 Å². The summed E-state index contributed by atoms with van der Waals surface area (Å²) in [4.78, 5) is 58.1. The van der Waals surface area contributed by atoms with Crippen LogP contribution < -0.4 is 25.6 Å². The number of hydrazine groups is 1. The molecule has 2 aromatic carbocycles. The molecular weight excluding hydrogens is 709 g/mol. The SMILES string of the molecule is C=CC[C@@H](NC(=O)[C@@H]1CCCN1C(=O)CCC(=O)N1CCCCC1)C(=O)NNCC.CC.CC(C)C.COc1ccc2c(OC)cc(-c3ccccc3)nc2c1. The van der Waals surface area contributed by atoms with E-state index in [1.54, 1.807) is 25.2 Å². The van der Waals surface area contributed by atoms with Gasteiger partial charge in [0.25, 0.3) is 5.91 Å². The molecule has 0 bridgehead atoms. The largest absolute Gasteiger partial charge is 0.497 e. The van der Waals surface area contributed by atoms with Crippen LogP contribution in [0.2, 0.25) is 0 Å². The fraction of sp³-hybridized carbons (Fsp3) is 0.523. The van der Waals surface area contributed by atoms with Gasteiger partial charge in [0.15, 0.2) is 0 Å². The fourth-order valence-electron chi connectivity index (χ4n) is 6.15. The minimum atomic E-state index is -0.757. The minimum Gasteiger partial charge on any atom is -0.497 e. The van der Waals surface area contributed by atoms with Gasteiger partial charge in [0, 0.05) is 62.1 Å². The Hall–Kier alpha value is -4.97. The molecule has 12 heteroatoms. The first kappa shape index (κ1) is 47.2. The van der Waals surface area contributed by atoms with Gasteiger partial charge >= 0.3 is 0 Å². The molecule has 0 radical (unpaired) electrons. The van der Waals surface area contributed by atoms with Gasteiger partial charge in [0.2, 0.25) is 17.7 Å². The van der Waals surface area contributed by atoms with E-state index in [1.165, 1.54) is 0 Å². The molecule has 56 heavy (non-hydrogen) atoms. The van der Waals surface area contributed by atoms with Gasteiger partial charge in [-0.05, 0) is 56.6 Å². The van der Waals surface area contributed by atoms with Crippen LogP contribution in [0.5, 0.6) is 11.5 Å². The molecule has 3 N–H and O–H groups in total. The first-order valence-electron chi connectivity index (χ1n) is 20.1. The lowest BCUT2D eigenvalue weighted by molar-refractivity contribution is -0.141. The second-order valence-corrected chi connectivity index (χ2v) is 14.0. The molecule has 2 aliphatic heterocycles. The number of pyridine rings is 1. The molecule has 3 aromatic rings. The van der Waals surface area contributed by atoms with Crippen molar-refractivity contribution in [2.24, 2.45) is 5.92 Å². The summed E-state index contributed by atoms with van der Waals surface area (Å²) in [6, 6.07) is 16.5. The maximum atomic E-state index is 12.8. The van der Waals surface area contributed by atoms with E-state index in [2.05, 4.69) is 43.5 Å². The third-order valence-electron chi connectivity index (χ3n) is 8.83. The molecule has 0 aliphatic carbocycles. The highest BCUT2D eigenvalue weighted by Gasteiger charge is 2.35. The molecule has 0 spiro atoms. The quantitative estimate of drug-likeness (QED) is 0.124. The molecule has 0 saturated carbocycles. The van der Waals surface area contributed by atoms with E-state index in [-0.39, 0.29) is 42.9 Å². The predicted octanol–water partition coefficient (Wildman–Crippen LogP) is 7.08. The van der Waals surface area contributed by atoms with Crippen LogP contribution in [-0.4, -0.2) is 90.9 Å². The Morgan fingerprint density at radius 2 is 1.55 bits per heavy atom. The van der Waals surface area contributed by atoms with Crippen LogP contribution in [0.25, 0.3) is 22.2 Å². The molecule has 2 saturated heterocycles. The molecular formula is C44H66N6O6. The van der Waals surface area contributed by atoms with Gasteiger partial charge in [-0.15, -0.1) is 6.58 Å². The van der Waals surface area contributed by atoms with Crippen LogP contribution in [-0.2, 0) is 19.2 Å². The second kappa shape index (κ2) is 26.0. The highest BCUT2D eigenvalue weighted by molar-refractivity contribution is 5.93. The summed E-state index contributed by atoms with van der Waals surface area (Å²) in [6.07, 6.45) is 6.58. The number of nitrogens with one attached hydrogen (secondary N) is 3. The summed E-state index contributed by atoms with van der Waals surface area (Å²) in [5.41, 5.74) is 8.08. The van der Waals surface area contributed by atoms with E-state index in [4.69, 9.17) is 14.5 Å². The third kappa shape index (κ3) is 15.3. The smallest absolute Gasteiger partial charge is 0.256 e. The monoisotopic (exact) mass is 775 g/mol. The van der Waals surface area contributed by atoms with Crippen molar-refractivity contribution < 1.29 is 28.7 Å². The number of amides is 4. The van der Waals surface area contributed by atoms with Gasteiger partial charge in [0.05, 0.1) is 25.4 Å². The predicted molar refractivity (Wildman–Crippen MR) is 225 cm³/mol. The summed E-state index contributed by atoms with van der Waals surface area (Å²) >= 11 is 0. The number of fused-ring (bicyclic) bond motifs is 1. The number of piperidine rings is 1. The van der Waals surface area contributed by atoms with Crippen LogP contribution in [0.3, 0.4) is 0 Å². The topological polar surface area (TPSA) is 142 Å². The Kier molecular flexibility index (Phi) is 21.9. The summed E-state index contributed by atoms with van der Waals surface area (Å²) in [5, 5.41) is 3.72. The van der Waals surface area contributed by atoms with Gasteiger partial charge in [-0.1, -0.05) is 78.0 Å². The molecule has 2 atom stereocenters. The molecule has 0 unspecified atom stereocenters. The zero-order chi connectivity index (χ0) is 41.5. The molecule has 2 fully saturated rings. The standard InChI is InChI=1S/C21H35N5O4.C17H15NO2.C4H10.C2H6/c1-3-9-16(20(29)24-22-4-2)23-21(30)17-10-8-15-26(17)19(28)12-11-18(27)25-13-6-5-7-14-25;1-19-13-8-9-14-16(10-13)18-15(11-17(14)20-2)12-6-4-3-5-7-12;1-4(2)3;1-2/h3,16-17,22H,1,4-15H2,2H3,(H,23,30)(H,24,29);3-11H,1-2H3;4H,1-3H3;1-2H3/t16-,17+;;;/m1.../s1. The molecule has 1 aromatic heterocycles. The van der Waals surface area contributed by atoms with Gasteiger partial charge in [-0.2, -0.15) is 0 Å². The van der Waals surface area contributed by atoms with Crippen molar-refractivity contribution in [1.29, 1.82) is 0 Å². The van der Waals surface area contributed by atoms with Gasteiger partial charge < -0.3 is 24.6 Å². The molecule has 5 rings (SSSR count). The van der Waals surface area contributed by atoms with Crippen LogP contribution in [0.4, 0.5) is 0 Å². The van der Waals surface area contributed by atoms with E-state index in [1.807, 2.05) is 80.3 Å². The summed E-state index contributed by atoms with van der Waals surface area (Å²) in [7, 11) is 3.33. The summed E-state index contributed by atoms with van der Waals surface area (Å²) in [6.45, 7) is 18.6. The van der Waals surface area contributed by atoms with E-state index in [0.29, 0.717) is 19.5 Å². The highest BCUT2D eigenvalue weighted by atomic mass is 16.5. The molecule has 4 amide bonds. The van der Waals surface area contributed by atoms with E-state index < -0.39 is 12.1 Å². The first-order valence-corrected chi connectivity index (χ1v) is 20.1. The maximum Gasteiger partial charge on any atom is 0.256 e. The van der Waals surface area contributed by atoms with Crippen molar-refractivity contribution in [1.82, 2.24) is 31.0 Å². The highest BCUT2D eigenvalue weighted by Crippen LogP contribution is 2.31. The third-order valence-corrected chi connectivity index (χ3v) is 8.83. The lowest BCUT2D eigenvalue weighted by atomic mass is 10.1. The first-order chi connectivity index (χ1) is 27.0. The number of ether oxygens (including phenoxy) is 2. The normalized spacial score (nSPS) is 15.1. The fourth-order valence-corrected chi connectivity index (χ4v) is 6.15. The Bertz CT molecular complexity index is 1660. The Morgan fingerprint density at radius 3 is 2.16 bits per heavy atom. The summed E-state index contributed by atoms with van der Waals surface area (Å²) < 4.78 is 10.7. The van der Waals surface area contributed by atoms with E-state index in [0.717, 1.165) is 78.4 Å². The number of likely N-dealkylation sites (tertiary alicyclic amines) is 2. The van der Waals surface area contributed by atoms with Crippen LogP contribution in [0.1, 0.15) is 92.9 Å². The average Bonchev–Trinajstić information content (AvgIpc) is 3.73. The molecule has 12 nitrogen and oxygen atoms in total. The number of aromatic nitrogens is 1. The molecule has 2 aliphatic rings. The average molecular weight is 775 g/mol. The van der Waals surface area contributed by atoms with Crippen LogP contribution in [0.15, 0.2) is 67.3 Å².